The number of piperazine rings is 1. The van der Waals surface area contributed by atoms with Crippen LogP contribution < -0.4 is 0 Å². The molecule has 6 nitrogen and oxygen atoms in total. The average molecular weight is 362 g/mol. The molecule has 0 aliphatic carbocycles. The normalized spacial score (nSPS) is 16.0. The van der Waals surface area contributed by atoms with Crippen LogP contribution in [0.1, 0.15) is 42.8 Å². The Morgan fingerprint density at radius 1 is 1.23 bits per heavy atom. The lowest BCUT2D eigenvalue weighted by Crippen LogP contribution is -2.51. The van der Waals surface area contributed by atoms with Gasteiger partial charge < -0.3 is 19.6 Å². The number of terminal acetylenes is 1. The van der Waals surface area contributed by atoms with Crippen LogP contribution in [0.2, 0.25) is 0 Å². The van der Waals surface area contributed by atoms with Crippen molar-refractivity contribution in [3.05, 3.63) is 35.1 Å². The maximum Gasteiger partial charge on any atom is 0.410 e. The predicted octanol–water partition coefficient (Wildman–Crippen LogP) is 2.19. The summed E-state index contributed by atoms with van der Waals surface area (Å²) in [6.07, 6.45) is 3.32. The fourth-order valence-electron chi connectivity index (χ4n) is 2.57. The van der Waals surface area contributed by atoms with Crippen LogP contribution in [-0.2, 0) is 4.74 Å². The van der Waals surface area contributed by atoms with E-state index in [2.05, 4.69) is 0 Å². The van der Waals surface area contributed by atoms with Gasteiger partial charge in [0.2, 0.25) is 0 Å². The molecule has 1 aromatic rings. The number of aliphatic hydroxyl groups is 1. The van der Waals surface area contributed by atoms with Gasteiger partial charge in [0, 0.05) is 37.3 Å². The Bertz CT molecular complexity index is 728. The molecule has 7 heteroatoms. The molecule has 1 aliphatic rings. The summed E-state index contributed by atoms with van der Waals surface area (Å²) in [5.74, 6) is 0.970. The molecule has 1 aliphatic heterocycles. The molecule has 1 saturated heterocycles. The average Bonchev–Trinajstić information content (AvgIpc) is 2.59. The second-order valence-corrected chi connectivity index (χ2v) is 7.07. The van der Waals surface area contributed by atoms with E-state index >= 15 is 0 Å². The van der Waals surface area contributed by atoms with Crippen LogP contribution in [-0.4, -0.2) is 58.7 Å². The third kappa shape index (κ3) is 4.73. The number of hydrogen-bond acceptors (Lipinski definition) is 4. The van der Waals surface area contributed by atoms with Crippen LogP contribution in [0, 0.1) is 18.2 Å². The van der Waals surface area contributed by atoms with Crippen molar-refractivity contribution in [3.63, 3.8) is 0 Å². The number of carbonyl (C=O) groups is 2. The van der Waals surface area contributed by atoms with E-state index in [-0.39, 0.29) is 17.0 Å². The van der Waals surface area contributed by atoms with E-state index in [1.54, 1.807) is 30.6 Å². The number of aliphatic hydroxyl groups excluding tert-OH is 1. The van der Waals surface area contributed by atoms with Crippen LogP contribution in [0.4, 0.5) is 9.18 Å². The molecule has 1 atom stereocenters. The molecule has 140 valence electrons. The number of nitrogens with zero attached hydrogens (tertiary/aromatic N) is 2. The summed E-state index contributed by atoms with van der Waals surface area (Å²) in [4.78, 5) is 27.7. The molecule has 26 heavy (non-hydrogen) atoms. The van der Waals surface area contributed by atoms with Crippen molar-refractivity contribution in [1.29, 1.82) is 0 Å². The highest BCUT2D eigenvalue weighted by molar-refractivity contribution is 5.94. The van der Waals surface area contributed by atoms with E-state index in [0.29, 0.717) is 26.2 Å². The van der Waals surface area contributed by atoms with Crippen molar-refractivity contribution in [2.24, 2.45) is 0 Å². The zero-order valence-corrected chi connectivity index (χ0v) is 15.2. The quantitative estimate of drug-likeness (QED) is 0.819. The van der Waals surface area contributed by atoms with Gasteiger partial charge in [-0.25, -0.2) is 9.18 Å². The lowest BCUT2D eigenvalue weighted by Gasteiger charge is -2.35. The van der Waals surface area contributed by atoms with E-state index in [0.717, 1.165) is 6.07 Å². The van der Waals surface area contributed by atoms with E-state index in [4.69, 9.17) is 11.2 Å². The summed E-state index contributed by atoms with van der Waals surface area (Å²) in [5.41, 5.74) is -0.452. The molecule has 0 radical (unpaired) electrons. The Kier molecular flexibility index (Phi) is 5.88. The van der Waals surface area contributed by atoms with Gasteiger partial charge in [0.25, 0.3) is 5.91 Å². The first-order valence-electron chi connectivity index (χ1n) is 8.33. The molecule has 0 bridgehead atoms. The van der Waals surface area contributed by atoms with Gasteiger partial charge in [-0.3, -0.25) is 4.79 Å². The standard InChI is InChI=1S/C19H23FN2O4/c1-5-16(23)14-7-6-13(12-15(14)20)17(24)21-8-10-22(11-9-21)18(25)26-19(2,3)4/h1,6-7,12,16,23H,8-11H2,2-4H3. The maximum absolute atomic E-state index is 14.0. The molecule has 2 amide bonds. The van der Waals surface area contributed by atoms with Crippen LogP contribution in [0.25, 0.3) is 0 Å². The summed E-state index contributed by atoms with van der Waals surface area (Å²) in [6, 6.07) is 3.81. The highest BCUT2D eigenvalue weighted by Gasteiger charge is 2.28. The lowest BCUT2D eigenvalue weighted by molar-refractivity contribution is 0.0141. The first kappa shape index (κ1) is 19.7. The highest BCUT2D eigenvalue weighted by Crippen LogP contribution is 2.19. The number of amides is 2. The summed E-state index contributed by atoms with van der Waals surface area (Å²) in [6.45, 7) is 6.72. The summed E-state index contributed by atoms with van der Waals surface area (Å²) < 4.78 is 19.4. The fraction of sp³-hybridized carbons (Fsp3) is 0.474. The zero-order valence-electron chi connectivity index (χ0n) is 15.2. The van der Waals surface area contributed by atoms with Crippen molar-refractivity contribution < 1.29 is 23.8 Å². The van der Waals surface area contributed by atoms with Crippen molar-refractivity contribution in [2.45, 2.75) is 32.5 Å². The van der Waals surface area contributed by atoms with E-state index < -0.39 is 23.6 Å². The maximum atomic E-state index is 14.0. The van der Waals surface area contributed by atoms with Gasteiger partial charge in [-0.15, -0.1) is 6.42 Å². The van der Waals surface area contributed by atoms with E-state index in [1.807, 2.05) is 5.92 Å². The van der Waals surface area contributed by atoms with Gasteiger partial charge in [0.15, 0.2) is 0 Å². The van der Waals surface area contributed by atoms with Crippen molar-refractivity contribution in [3.8, 4) is 12.3 Å². The molecule has 0 aromatic heterocycles. The van der Waals surface area contributed by atoms with Crippen molar-refractivity contribution in [2.75, 3.05) is 26.2 Å². The number of ether oxygens (including phenoxy) is 1. The fourth-order valence-corrected chi connectivity index (χ4v) is 2.57. The Morgan fingerprint density at radius 2 is 1.81 bits per heavy atom. The molecular formula is C19H23FN2O4. The summed E-state index contributed by atoms with van der Waals surface area (Å²) in [7, 11) is 0. The number of benzene rings is 1. The van der Waals surface area contributed by atoms with Gasteiger partial charge in [-0.2, -0.15) is 0 Å². The first-order valence-corrected chi connectivity index (χ1v) is 8.33. The second kappa shape index (κ2) is 7.75. The van der Waals surface area contributed by atoms with Gasteiger partial charge in [0.1, 0.15) is 17.5 Å². The van der Waals surface area contributed by atoms with Crippen LogP contribution in [0.3, 0.4) is 0 Å². The molecule has 1 unspecified atom stereocenters. The SMILES string of the molecule is C#CC(O)c1ccc(C(=O)N2CCN(C(=O)OC(C)(C)C)CC2)cc1F. The monoisotopic (exact) mass is 362 g/mol. The van der Waals surface area contributed by atoms with Gasteiger partial charge in [-0.1, -0.05) is 12.0 Å². The van der Waals surface area contributed by atoms with Crippen molar-refractivity contribution >= 4 is 12.0 Å². The van der Waals surface area contributed by atoms with Crippen LogP contribution in [0.5, 0.6) is 0 Å². The molecule has 1 N–H and O–H groups in total. The van der Waals surface area contributed by atoms with Gasteiger partial charge >= 0.3 is 6.09 Å². The number of rotatable bonds is 2. The largest absolute Gasteiger partial charge is 0.444 e. The summed E-state index contributed by atoms with van der Waals surface area (Å²) >= 11 is 0. The Balaban J connectivity index is 1.99. The first-order chi connectivity index (χ1) is 12.1. The Labute approximate surface area is 152 Å². The minimum atomic E-state index is -1.35. The number of carbonyl (C=O) groups excluding carboxylic acids is 2. The van der Waals surface area contributed by atoms with Crippen LogP contribution >= 0.6 is 0 Å². The highest BCUT2D eigenvalue weighted by atomic mass is 19.1. The molecule has 1 heterocycles. The number of hydrogen-bond donors (Lipinski definition) is 1. The van der Waals surface area contributed by atoms with Crippen LogP contribution in [0.15, 0.2) is 18.2 Å². The van der Waals surface area contributed by atoms with Gasteiger partial charge in [-0.05, 0) is 32.9 Å². The Morgan fingerprint density at radius 3 is 2.31 bits per heavy atom. The molecule has 1 fully saturated rings. The molecular weight excluding hydrogens is 339 g/mol. The smallest absolute Gasteiger partial charge is 0.410 e. The molecule has 0 saturated carbocycles. The van der Waals surface area contributed by atoms with Crippen molar-refractivity contribution in [1.82, 2.24) is 9.80 Å². The third-order valence-electron chi connectivity index (χ3n) is 3.92. The predicted molar refractivity (Wildman–Crippen MR) is 93.9 cm³/mol. The Hall–Kier alpha value is -2.59. The minimum Gasteiger partial charge on any atom is -0.444 e. The molecule has 2 rings (SSSR count). The zero-order chi connectivity index (χ0) is 19.5. The third-order valence-corrected chi connectivity index (χ3v) is 3.92. The summed E-state index contributed by atoms with van der Waals surface area (Å²) in [5, 5.41) is 9.53. The van der Waals surface area contributed by atoms with Gasteiger partial charge in [0.05, 0.1) is 0 Å². The number of halogens is 1. The molecule has 1 aromatic carbocycles. The lowest BCUT2D eigenvalue weighted by atomic mass is 10.1. The molecule has 0 spiro atoms. The van der Waals surface area contributed by atoms with E-state index in [9.17, 15) is 19.1 Å². The minimum absolute atomic E-state index is 0.0428. The topological polar surface area (TPSA) is 70.1 Å². The second-order valence-electron chi connectivity index (χ2n) is 7.07. The van der Waals surface area contributed by atoms with E-state index in [1.165, 1.54) is 12.1 Å².